The Morgan fingerprint density at radius 2 is 1.75 bits per heavy atom. The Morgan fingerprint density at radius 3 is 2.50 bits per heavy atom. The first-order chi connectivity index (χ1) is 21.2. The number of pyridine rings is 1. The lowest BCUT2D eigenvalue weighted by Gasteiger charge is -2.36. The van der Waals surface area contributed by atoms with Gasteiger partial charge in [-0.25, -0.2) is 0 Å². The van der Waals surface area contributed by atoms with E-state index in [1.54, 1.807) is 6.20 Å². The van der Waals surface area contributed by atoms with Crippen LogP contribution in [0.25, 0.3) is 23.3 Å². The van der Waals surface area contributed by atoms with E-state index in [9.17, 15) is 4.79 Å². The molecule has 0 amide bonds. The summed E-state index contributed by atoms with van der Waals surface area (Å²) in [6, 6.07) is 25.0. The van der Waals surface area contributed by atoms with Gasteiger partial charge >= 0.3 is 5.97 Å². The molecular formula is C39H44N2O3. The fourth-order valence-corrected chi connectivity index (χ4v) is 5.83. The van der Waals surface area contributed by atoms with Gasteiger partial charge in [0.15, 0.2) is 0 Å². The molecule has 1 saturated heterocycles. The van der Waals surface area contributed by atoms with Gasteiger partial charge in [-0.15, -0.1) is 0 Å². The van der Waals surface area contributed by atoms with E-state index in [2.05, 4.69) is 90.5 Å². The molecule has 5 rings (SSSR count). The fraction of sp³-hybridized carbons (Fsp3) is 0.333. The molecule has 5 heteroatoms. The van der Waals surface area contributed by atoms with Crippen LogP contribution in [0.4, 0.5) is 0 Å². The second-order valence-corrected chi connectivity index (χ2v) is 12.7. The number of hydrogen-bond acceptors (Lipinski definition) is 5. The van der Waals surface area contributed by atoms with Gasteiger partial charge in [-0.3, -0.25) is 14.7 Å². The van der Waals surface area contributed by atoms with Crippen LogP contribution >= 0.6 is 0 Å². The Balaban J connectivity index is 1.44. The number of aromatic nitrogens is 1. The molecule has 44 heavy (non-hydrogen) atoms. The molecule has 1 fully saturated rings. The van der Waals surface area contributed by atoms with E-state index in [0.717, 1.165) is 53.8 Å². The minimum atomic E-state index is -0.512. The van der Waals surface area contributed by atoms with Crippen molar-refractivity contribution in [2.24, 2.45) is 0 Å². The number of carbonyl (C=O) groups excluding carboxylic acids is 1. The summed E-state index contributed by atoms with van der Waals surface area (Å²) < 4.78 is 12.3. The molecule has 5 nitrogen and oxygen atoms in total. The Hall–Kier alpha value is -4.22. The molecular weight excluding hydrogens is 544 g/mol. The van der Waals surface area contributed by atoms with Crippen LogP contribution in [0.5, 0.6) is 5.75 Å². The van der Waals surface area contributed by atoms with E-state index in [-0.39, 0.29) is 12.0 Å². The number of piperidine rings is 1. The van der Waals surface area contributed by atoms with Crippen molar-refractivity contribution in [2.45, 2.75) is 78.7 Å². The first kappa shape index (κ1) is 31.2. The van der Waals surface area contributed by atoms with Gasteiger partial charge in [-0.1, -0.05) is 79.2 Å². The van der Waals surface area contributed by atoms with Crippen LogP contribution in [0.1, 0.15) is 73.4 Å². The summed E-state index contributed by atoms with van der Waals surface area (Å²) in [6.07, 6.45) is 10.9. The highest BCUT2D eigenvalue weighted by Crippen LogP contribution is 2.31. The third-order valence-corrected chi connectivity index (χ3v) is 8.14. The minimum Gasteiger partial charge on any atom is -0.488 e. The van der Waals surface area contributed by atoms with Crippen LogP contribution in [-0.2, 0) is 22.7 Å². The van der Waals surface area contributed by atoms with Gasteiger partial charge in [0.25, 0.3) is 0 Å². The maximum atomic E-state index is 13.2. The van der Waals surface area contributed by atoms with Crippen LogP contribution in [0.3, 0.4) is 0 Å². The molecule has 3 aromatic carbocycles. The van der Waals surface area contributed by atoms with E-state index < -0.39 is 5.60 Å². The van der Waals surface area contributed by atoms with Crippen molar-refractivity contribution in [1.29, 1.82) is 0 Å². The number of hydrogen-bond donors (Lipinski definition) is 0. The number of rotatable bonds is 9. The Morgan fingerprint density at radius 1 is 0.955 bits per heavy atom. The molecule has 1 atom stereocenters. The number of benzene rings is 3. The van der Waals surface area contributed by atoms with E-state index in [4.69, 9.17) is 9.47 Å². The molecule has 1 aliphatic rings. The molecule has 0 N–H and O–H groups in total. The van der Waals surface area contributed by atoms with Gasteiger partial charge in [0.05, 0.1) is 0 Å². The zero-order chi connectivity index (χ0) is 31.1. The summed E-state index contributed by atoms with van der Waals surface area (Å²) in [5, 5.41) is 0. The molecule has 0 unspecified atom stereocenters. The summed E-state index contributed by atoms with van der Waals surface area (Å²) in [6.45, 7) is 12.0. The molecule has 0 saturated carbocycles. The highest BCUT2D eigenvalue weighted by molar-refractivity contribution is 5.79. The smallest absolute Gasteiger partial charge is 0.323 e. The summed E-state index contributed by atoms with van der Waals surface area (Å²) in [5.41, 5.74) is 8.71. The van der Waals surface area contributed by atoms with Crippen LogP contribution in [0, 0.1) is 13.8 Å². The average molecular weight is 589 g/mol. The van der Waals surface area contributed by atoms with Gasteiger partial charge in [-0.2, -0.15) is 0 Å². The molecule has 0 bridgehead atoms. The van der Waals surface area contributed by atoms with Crippen molar-refractivity contribution < 1.29 is 14.3 Å². The zero-order valence-corrected chi connectivity index (χ0v) is 26.7. The van der Waals surface area contributed by atoms with E-state index in [0.29, 0.717) is 13.2 Å². The maximum Gasteiger partial charge on any atom is 0.323 e. The van der Waals surface area contributed by atoms with Gasteiger partial charge in [-0.05, 0) is 99.5 Å². The number of carbonyl (C=O) groups is 1. The Kier molecular flexibility index (Phi) is 9.96. The van der Waals surface area contributed by atoms with Crippen LogP contribution < -0.4 is 4.74 Å². The molecule has 228 valence electrons. The van der Waals surface area contributed by atoms with Crippen molar-refractivity contribution in [3.63, 3.8) is 0 Å². The molecule has 1 aromatic heterocycles. The van der Waals surface area contributed by atoms with Crippen molar-refractivity contribution >= 4 is 18.1 Å². The van der Waals surface area contributed by atoms with Crippen molar-refractivity contribution in [1.82, 2.24) is 9.88 Å². The molecule has 2 heterocycles. The molecule has 0 aliphatic carbocycles. The highest BCUT2D eigenvalue weighted by Gasteiger charge is 2.33. The standard InChI is InChI=1S/C39H44N2O3/c1-28-23-34(26-41-22-10-9-18-36(41)38(42)44-39(3,4)5)37(43-27-30-13-12-21-40-25-30)24-33(28)20-19-31-16-11-17-35(29(31)2)32-14-7-6-8-15-32/h6-8,11-17,19-21,23-25,36H,9-10,18,22,26-27H2,1-5H3/b20-19+/t36-/m0/s1. The van der Waals surface area contributed by atoms with Gasteiger partial charge in [0.2, 0.25) is 0 Å². The summed E-state index contributed by atoms with van der Waals surface area (Å²) >= 11 is 0. The largest absolute Gasteiger partial charge is 0.488 e. The number of esters is 1. The summed E-state index contributed by atoms with van der Waals surface area (Å²) in [5.74, 6) is 0.682. The molecule has 4 aromatic rings. The molecule has 0 radical (unpaired) electrons. The lowest BCUT2D eigenvalue weighted by molar-refractivity contribution is -0.163. The third kappa shape index (κ3) is 8.03. The average Bonchev–Trinajstić information content (AvgIpc) is 3.01. The topological polar surface area (TPSA) is 51.7 Å². The Bertz CT molecular complexity index is 1590. The zero-order valence-electron chi connectivity index (χ0n) is 26.7. The summed E-state index contributed by atoms with van der Waals surface area (Å²) in [4.78, 5) is 19.7. The number of ether oxygens (including phenoxy) is 2. The maximum absolute atomic E-state index is 13.2. The number of aryl methyl sites for hydroxylation is 1. The van der Waals surface area contributed by atoms with E-state index in [1.165, 1.54) is 22.3 Å². The van der Waals surface area contributed by atoms with Crippen LogP contribution in [0.2, 0.25) is 0 Å². The second-order valence-electron chi connectivity index (χ2n) is 12.7. The Labute approximate surface area is 262 Å². The van der Waals surface area contributed by atoms with Gasteiger partial charge in [0, 0.05) is 30.1 Å². The minimum absolute atomic E-state index is 0.139. The third-order valence-electron chi connectivity index (χ3n) is 8.14. The highest BCUT2D eigenvalue weighted by atomic mass is 16.6. The quantitative estimate of drug-likeness (QED) is 0.144. The molecule has 1 aliphatic heterocycles. The van der Waals surface area contributed by atoms with E-state index in [1.807, 2.05) is 45.2 Å². The van der Waals surface area contributed by atoms with Crippen molar-refractivity contribution in [2.75, 3.05) is 6.54 Å². The monoisotopic (exact) mass is 588 g/mol. The normalized spacial score (nSPS) is 15.8. The van der Waals surface area contributed by atoms with Gasteiger partial charge in [0.1, 0.15) is 24.0 Å². The van der Waals surface area contributed by atoms with Crippen LogP contribution in [0.15, 0.2) is 85.2 Å². The predicted molar refractivity (Wildman–Crippen MR) is 179 cm³/mol. The van der Waals surface area contributed by atoms with E-state index >= 15 is 0 Å². The fourth-order valence-electron chi connectivity index (χ4n) is 5.83. The first-order valence-corrected chi connectivity index (χ1v) is 15.6. The SMILES string of the molecule is Cc1cc(CN2CCCC[C@H]2C(=O)OC(C)(C)C)c(OCc2cccnc2)cc1/C=C/c1cccc(-c2ccccc2)c1C. The lowest BCUT2D eigenvalue weighted by atomic mass is 9.95. The number of nitrogens with zero attached hydrogens (tertiary/aromatic N) is 2. The first-order valence-electron chi connectivity index (χ1n) is 15.6. The number of likely N-dealkylation sites (tertiary alicyclic amines) is 1. The lowest BCUT2D eigenvalue weighted by Crippen LogP contribution is -2.46. The van der Waals surface area contributed by atoms with Crippen molar-refractivity contribution in [3.8, 4) is 16.9 Å². The molecule has 0 spiro atoms. The second kappa shape index (κ2) is 14.0. The van der Waals surface area contributed by atoms with Gasteiger partial charge < -0.3 is 9.47 Å². The summed E-state index contributed by atoms with van der Waals surface area (Å²) in [7, 11) is 0. The predicted octanol–water partition coefficient (Wildman–Crippen LogP) is 8.81. The van der Waals surface area contributed by atoms with Crippen molar-refractivity contribution in [3.05, 3.63) is 119 Å². The van der Waals surface area contributed by atoms with Crippen LogP contribution in [-0.4, -0.2) is 34.0 Å².